The second-order valence-corrected chi connectivity index (χ2v) is 11.1. The summed E-state index contributed by atoms with van der Waals surface area (Å²) in [6.45, 7) is 3.27. The molecule has 0 bridgehead atoms. The van der Waals surface area contributed by atoms with E-state index in [1.165, 1.54) is 17.7 Å². The highest BCUT2D eigenvalue weighted by atomic mass is 19.4. The predicted molar refractivity (Wildman–Crippen MR) is 150 cm³/mol. The lowest BCUT2D eigenvalue weighted by Crippen LogP contribution is -2.38. The molecule has 0 aromatic heterocycles. The molecule has 6 nitrogen and oxygen atoms in total. The second-order valence-electron chi connectivity index (χ2n) is 11.1. The molecular weight excluding hydrogens is 531 g/mol. The van der Waals surface area contributed by atoms with Crippen LogP contribution in [0.1, 0.15) is 61.6 Å². The Morgan fingerprint density at radius 2 is 1.78 bits per heavy atom. The van der Waals surface area contributed by atoms with Gasteiger partial charge in [-0.3, -0.25) is 9.59 Å². The first-order valence-electron chi connectivity index (χ1n) is 14.0. The Labute approximate surface area is 237 Å². The summed E-state index contributed by atoms with van der Waals surface area (Å²) in [5, 5.41) is 16.0. The lowest BCUT2D eigenvalue weighted by atomic mass is 9.92. The van der Waals surface area contributed by atoms with E-state index in [0.29, 0.717) is 49.5 Å². The summed E-state index contributed by atoms with van der Waals surface area (Å²) in [4.78, 5) is 26.6. The first-order chi connectivity index (χ1) is 19.6. The monoisotopic (exact) mass is 565 g/mol. The second kappa shape index (κ2) is 11.8. The van der Waals surface area contributed by atoms with Crippen LogP contribution in [0.15, 0.2) is 83.8 Å². The summed E-state index contributed by atoms with van der Waals surface area (Å²) in [5.74, 6) is -0.873. The van der Waals surface area contributed by atoms with Gasteiger partial charge in [0, 0.05) is 31.1 Å². The molecule has 0 spiro atoms. The van der Waals surface area contributed by atoms with E-state index in [1.807, 2.05) is 42.2 Å². The van der Waals surface area contributed by atoms with E-state index in [-0.39, 0.29) is 24.2 Å². The number of aliphatic carboxylic acids is 1. The van der Waals surface area contributed by atoms with Crippen LogP contribution in [0.3, 0.4) is 0 Å². The van der Waals surface area contributed by atoms with E-state index in [0.717, 1.165) is 35.6 Å². The SMILES string of the molecule is CC(CCC1=C(c2ccc(C(F)(F)F)cc2)NC2=CCC(C(=O)N3CC[C@H](c4ccccc4)C3)C=C2N1)CC(=O)O. The maximum Gasteiger partial charge on any atom is 0.416 e. The van der Waals surface area contributed by atoms with Gasteiger partial charge < -0.3 is 20.6 Å². The standard InChI is InChI=1S/C32H34F3N3O3/c1-20(17-29(39)40)7-13-27-30(22-8-11-25(12-9-22)32(33,34)35)37-26-14-10-23(18-28(26)36-27)31(41)38-16-15-24(19-38)21-5-3-2-4-6-21/h2-6,8-9,11-12,14,18,20,23-24,36-37H,7,10,13,15-17,19H2,1H3,(H,39,40)/t20?,23?,24-/m0/s1. The van der Waals surface area contributed by atoms with Crippen molar-refractivity contribution in [2.45, 2.75) is 51.1 Å². The normalized spacial score (nSPS) is 21.3. The zero-order chi connectivity index (χ0) is 29.1. The molecule has 1 fully saturated rings. The smallest absolute Gasteiger partial charge is 0.416 e. The van der Waals surface area contributed by atoms with Gasteiger partial charge in [-0.25, -0.2) is 0 Å². The van der Waals surface area contributed by atoms with E-state index in [4.69, 9.17) is 5.11 Å². The van der Waals surface area contributed by atoms with E-state index in [2.05, 4.69) is 22.8 Å². The zero-order valence-electron chi connectivity index (χ0n) is 22.9. The molecule has 2 heterocycles. The van der Waals surface area contributed by atoms with Crippen molar-refractivity contribution < 1.29 is 27.9 Å². The van der Waals surface area contributed by atoms with Crippen LogP contribution in [0.5, 0.6) is 0 Å². The number of carbonyl (C=O) groups is 2. The molecule has 0 saturated carbocycles. The average Bonchev–Trinajstić information content (AvgIpc) is 3.45. The van der Waals surface area contributed by atoms with Crippen molar-refractivity contribution in [3.63, 3.8) is 0 Å². The van der Waals surface area contributed by atoms with Gasteiger partial charge in [0.05, 0.1) is 28.6 Å². The van der Waals surface area contributed by atoms with Gasteiger partial charge in [-0.1, -0.05) is 55.5 Å². The number of allylic oxidation sites excluding steroid dienone is 2. The van der Waals surface area contributed by atoms with Crippen LogP contribution in [0.25, 0.3) is 5.70 Å². The number of hydrogen-bond donors (Lipinski definition) is 3. The minimum atomic E-state index is -4.43. The lowest BCUT2D eigenvalue weighted by molar-refractivity contribution is -0.138. The number of hydrogen-bond acceptors (Lipinski definition) is 4. The fourth-order valence-corrected chi connectivity index (χ4v) is 5.79. The first-order valence-corrected chi connectivity index (χ1v) is 14.0. The third kappa shape index (κ3) is 6.66. The maximum atomic E-state index is 13.5. The van der Waals surface area contributed by atoms with Crippen molar-refractivity contribution >= 4 is 17.6 Å². The summed E-state index contributed by atoms with van der Waals surface area (Å²) in [7, 11) is 0. The van der Waals surface area contributed by atoms with Gasteiger partial charge in [0.1, 0.15) is 0 Å². The molecule has 1 amide bonds. The summed E-state index contributed by atoms with van der Waals surface area (Å²) < 4.78 is 39.5. The van der Waals surface area contributed by atoms with Crippen LogP contribution in [0.2, 0.25) is 0 Å². The number of carbonyl (C=O) groups excluding carboxylic acids is 1. The molecule has 41 heavy (non-hydrogen) atoms. The number of amides is 1. The molecule has 3 atom stereocenters. The van der Waals surface area contributed by atoms with E-state index in [1.54, 1.807) is 0 Å². The number of benzene rings is 2. The quantitative estimate of drug-likeness (QED) is 0.352. The van der Waals surface area contributed by atoms with Crippen molar-refractivity contribution in [2.24, 2.45) is 11.8 Å². The minimum Gasteiger partial charge on any atom is -0.481 e. The lowest BCUT2D eigenvalue weighted by Gasteiger charge is -2.33. The molecule has 5 rings (SSSR count). The number of carboxylic acid groups (broad SMARTS) is 1. The Morgan fingerprint density at radius 3 is 2.46 bits per heavy atom. The molecule has 3 N–H and O–H groups in total. The first kappa shape index (κ1) is 28.5. The molecule has 1 aliphatic carbocycles. The van der Waals surface area contributed by atoms with E-state index >= 15 is 0 Å². The van der Waals surface area contributed by atoms with Gasteiger partial charge in [-0.2, -0.15) is 13.2 Å². The van der Waals surface area contributed by atoms with Crippen LogP contribution >= 0.6 is 0 Å². The third-order valence-corrected chi connectivity index (χ3v) is 8.08. The number of nitrogens with zero attached hydrogens (tertiary/aromatic N) is 1. The predicted octanol–water partition coefficient (Wildman–Crippen LogP) is 6.26. The summed E-state index contributed by atoms with van der Waals surface area (Å²) in [6.07, 6.45) is 2.01. The van der Waals surface area contributed by atoms with Crippen molar-refractivity contribution in [3.05, 3.63) is 101 Å². The molecule has 9 heteroatoms. The van der Waals surface area contributed by atoms with Crippen LogP contribution in [0.4, 0.5) is 13.2 Å². The molecule has 3 aliphatic rings. The Hall–Kier alpha value is -4.01. The number of alkyl halides is 3. The van der Waals surface area contributed by atoms with Gasteiger partial charge in [-0.15, -0.1) is 0 Å². The van der Waals surface area contributed by atoms with Gasteiger partial charge in [0.2, 0.25) is 5.91 Å². The van der Waals surface area contributed by atoms with Crippen molar-refractivity contribution in [2.75, 3.05) is 13.1 Å². The zero-order valence-corrected chi connectivity index (χ0v) is 22.9. The number of nitrogens with one attached hydrogen (secondary N) is 2. The van der Waals surface area contributed by atoms with Gasteiger partial charge >= 0.3 is 12.1 Å². The average molecular weight is 566 g/mol. The molecule has 0 radical (unpaired) electrons. The minimum absolute atomic E-state index is 0.0283. The van der Waals surface area contributed by atoms with E-state index in [9.17, 15) is 22.8 Å². The third-order valence-electron chi connectivity index (χ3n) is 8.08. The Bertz CT molecular complexity index is 1380. The summed E-state index contributed by atoms with van der Waals surface area (Å²) >= 11 is 0. The van der Waals surface area contributed by atoms with Gasteiger partial charge in [0.25, 0.3) is 0 Å². The number of carboxylic acids is 1. The highest BCUT2D eigenvalue weighted by Gasteiger charge is 2.34. The fourth-order valence-electron chi connectivity index (χ4n) is 5.79. The van der Waals surface area contributed by atoms with Crippen molar-refractivity contribution in [1.29, 1.82) is 0 Å². The number of likely N-dealkylation sites (tertiary alicyclic amines) is 1. The fraction of sp³-hybridized carbons (Fsp3) is 0.375. The van der Waals surface area contributed by atoms with Crippen LogP contribution < -0.4 is 10.6 Å². The number of fused-ring (bicyclic) bond motifs is 1. The maximum absolute atomic E-state index is 13.5. The molecule has 2 aliphatic heterocycles. The number of rotatable bonds is 8. The largest absolute Gasteiger partial charge is 0.481 e. The summed E-state index contributed by atoms with van der Waals surface area (Å²) in [5.41, 5.74) is 4.04. The van der Waals surface area contributed by atoms with Crippen LogP contribution in [-0.2, 0) is 15.8 Å². The highest BCUT2D eigenvalue weighted by Crippen LogP contribution is 2.35. The van der Waals surface area contributed by atoms with Gasteiger partial charge in [0.15, 0.2) is 0 Å². The van der Waals surface area contributed by atoms with Crippen molar-refractivity contribution in [1.82, 2.24) is 15.5 Å². The highest BCUT2D eigenvalue weighted by molar-refractivity contribution is 5.82. The molecule has 216 valence electrons. The Morgan fingerprint density at radius 1 is 1.05 bits per heavy atom. The molecule has 2 unspecified atom stereocenters. The van der Waals surface area contributed by atoms with Gasteiger partial charge in [-0.05, 0) is 60.9 Å². The Kier molecular flexibility index (Phi) is 8.24. The molecular formula is C32H34F3N3O3. The molecule has 2 aromatic rings. The van der Waals surface area contributed by atoms with Crippen LogP contribution in [-0.4, -0.2) is 35.0 Å². The van der Waals surface area contributed by atoms with E-state index < -0.39 is 17.7 Å². The number of halogens is 3. The molecule has 1 saturated heterocycles. The van der Waals surface area contributed by atoms with Crippen LogP contribution in [0, 0.1) is 11.8 Å². The Balaban J connectivity index is 1.35. The molecule has 2 aromatic carbocycles. The summed E-state index contributed by atoms with van der Waals surface area (Å²) in [6, 6.07) is 15.2. The van der Waals surface area contributed by atoms with Crippen molar-refractivity contribution in [3.8, 4) is 0 Å². The topological polar surface area (TPSA) is 81.7 Å².